The summed E-state index contributed by atoms with van der Waals surface area (Å²) < 4.78 is 5.66. The number of nitrogens with zero attached hydrogens (tertiary/aromatic N) is 3. The molecule has 1 aliphatic rings. The number of piperidine rings is 1. The van der Waals surface area contributed by atoms with Gasteiger partial charge in [0, 0.05) is 12.3 Å². The van der Waals surface area contributed by atoms with Gasteiger partial charge in [-0.2, -0.15) is 0 Å². The van der Waals surface area contributed by atoms with Gasteiger partial charge in [-0.1, -0.05) is 0 Å². The molecule has 5 nitrogen and oxygen atoms in total. The Morgan fingerprint density at radius 2 is 2.12 bits per heavy atom. The zero-order valence-corrected chi connectivity index (χ0v) is 9.85. The molecule has 2 N–H and O–H groups in total. The van der Waals surface area contributed by atoms with Gasteiger partial charge in [-0.3, -0.25) is 0 Å². The molecule has 0 bridgehead atoms. The van der Waals surface area contributed by atoms with E-state index >= 15 is 0 Å². The van der Waals surface area contributed by atoms with Gasteiger partial charge < -0.3 is 15.1 Å². The molecule has 2 rings (SSSR count). The number of rotatable bonds is 4. The van der Waals surface area contributed by atoms with E-state index in [1.807, 2.05) is 0 Å². The Hall–Kier alpha value is -0.940. The number of aromatic nitrogens is 2. The molecule has 0 spiro atoms. The van der Waals surface area contributed by atoms with Crippen LogP contribution < -0.4 is 5.73 Å². The highest BCUT2D eigenvalue weighted by atomic mass is 16.4. The van der Waals surface area contributed by atoms with E-state index in [1.54, 1.807) is 0 Å². The van der Waals surface area contributed by atoms with Gasteiger partial charge >= 0.3 is 0 Å². The number of nitrogens with two attached hydrogens (primary N) is 1. The normalized spacial score (nSPS) is 19.1. The van der Waals surface area contributed by atoms with Crippen LogP contribution in [-0.2, 0) is 6.42 Å². The zero-order valence-electron chi connectivity index (χ0n) is 9.85. The van der Waals surface area contributed by atoms with Crippen molar-refractivity contribution < 1.29 is 4.42 Å². The summed E-state index contributed by atoms with van der Waals surface area (Å²) in [5, 5.41) is 8.20. The number of hydrogen-bond donors (Lipinski definition) is 1. The molecule has 1 fully saturated rings. The van der Waals surface area contributed by atoms with E-state index in [1.165, 1.54) is 0 Å². The van der Waals surface area contributed by atoms with Crippen LogP contribution in [0.1, 0.15) is 37.0 Å². The van der Waals surface area contributed by atoms with Gasteiger partial charge in [-0.05, 0) is 45.9 Å². The first-order chi connectivity index (χ1) is 7.79. The van der Waals surface area contributed by atoms with Gasteiger partial charge in [-0.15, -0.1) is 10.2 Å². The van der Waals surface area contributed by atoms with Crippen molar-refractivity contribution in [3.63, 3.8) is 0 Å². The Kier molecular flexibility index (Phi) is 3.90. The molecule has 0 aliphatic carbocycles. The van der Waals surface area contributed by atoms with Crippen LogP contribution in [0.3, 0.4) is 0 Å². The topological polar surface area (TPSA) is 68.2 Å². The zero-order chi connectivity index (χ0) is 11.4. The van der Waals surface area contributed by atoms with E-state index in [4.69, 9.17) is 10.2 Å². The summed E-state index contributed by atoms with van der Waals surface area (Å²) in [5.74, 6) is 2.01. The molecule has 1 aliphatic heterocycles. The maximum Gasteiger partial charge on any atom is 0.219 e. The third kappa shape index (κ3) is 2.80. The first-order valence-electron chi connectivity index (χ1n) is 6.00. The van der Waals surface area contributed by atoms with E-state index in [0.29, 0.717) is 12.5 Å². The first-order valence-corrected chi connectivity index (χ1v) is 6.00. The molecule has 1 saturated heterocycles. The standard InChI is InChI=1S/C11H20N4O/c1-15-7-4-9(5-8-15)11-14-13-10(16-11)3-2-6-12/h9H,2-8,12H2,1H3. The molecule has 0 atom stereocenters. The molecule has 5 heteroatoms. The Balaban J connectivity index is 1.91. The molecule has 0 unspecified atom stereocenters. The highest BCUT2D eigenvalue weighted by molar-refractivity contribution is 4.94. The van der Waals surface area contributed by atoms with E-state index in [2.05, 4.69) is 22.1 Å². The SMILES string of the molecule is CN1CCC(c2nnc(CCCN)o2)CC1. The fourth-order valence-corrected chi connectivity index (χ4v) is 2.04. The smallest absolute Gasteiger partial charge is 0.219 e. The molecular weight excluding hydrogens is 204 g/mol. The van der Waals surface area contributed by atoms with E-state index in [-0.39, 0.29) is 0 Å². The maximum absolute atomic E-state index is 5.66. The van der Waals surface area contributed by atoms with Crippen LogP contribution >= 0.6 is 0 Å². The summed E-state index contributed by atoms with van der Waals surface area (Å²) >= 11 is 0. The Morgan fingerprint density at radius 3 is 2.81 bits per heavy atom. The molecule has 90 valence electrons. The highest BCUT2D eigenvalue weighted by Crippen LogP contribution is 2.26. The minimum absolute atomic E-state index is 0.454. The van der Waals surface area contributed by atoms with Crippen LogP contribution in [0.5, 0.6) is 0 Å². The fourth-order valence-electron chi connectivity index (χ4n) is 2.04. The largest absolute Gasteiger partial charge is 0.425 e. The lowest BCUT2D eigenvalue weighted by atomic mass is 9.97. The summed E-state index contributed by atoms with van der Waals surface area (Å²) in [7, 11) is 2.15. The van der Waals surface area contributed by atoms with Crippen LogP contribution in [0.2, 0.25) is 0 Å². The van der Waals surface area contributed by atoms with Crippen molar-refractivity contribution in [1.82, 2.24) is 15.1 Å². The van der Waals surface area contributed by atoms with Crippen LogP contribution in [-0.4, -0.2) is 41.8 Å². The van der Waals surface area contributed by atoms with Gasteiger partial charge in [0.05, 0.1) is 0 Å². The predicted molar refractivity (Wildman–Crippen MR) is 61.1 cm³/mol. The average Bonchev–Trinajstić information content (AvgIpc) is 2.76. The van der Waals surface area contributed by atoms with Crippen molar-refractivity contribution in [2.24, 2.45) is 5.73 Å². The molecule has 0 radical (unpaired) electrons. The fraction of sp³-hybridized carbons (Fsp3) is 0.818. The third-order valence-electron chi connectivity index (χ3n) is 3.15. The van der Waals surface area contributed by atoms with Crippen LogP contribution in [0.25, 0.3) is 0 Å². The van der Waals surface area contributed by atoms with Crippen molar-refractivity contribution in [1.29, 1.82) is 0 Å². The van der Waals surface area contributed by atoms with E-state index in [0.717, 1.165) is 50.6 Å². The van der Waals surface area contributed by atoms with Crippen molar-refractivity contribution >= 4 is 0 Å². The molecule has 16 heavy (non-hydrogen) atoms. The van der Waals surface area contributed by atoms with Gasteiger partial charge in [0.2, 0.25) is 11.8 Å². The summed E-state index contributed by atoms with van der Waals surface area (Å²) in [6, 6.07) is 0. The second kappa shape index (κ2) is 5.41. The lowest BCUT2D eigenvalue weighted by Crippen LogP contribution is -2.29. The van der Waals surface area contributed by atoms with Crippen LogP contribution in [0, 0.1) is 0 Å². The van der Waals surface area contributed by atoms with E-state index < -0.39 is 0 Å². The lowest BCUT2D eigenvalue weighted by Gasteiger charge is -2.26. The van der Waals surface area contributed by atoms with Gasteiger partial charge in [-0.25, -0.2) is 0 Å². The monoisotopic (exact) mass is 224 g/mol. The van der Waals surface area contributed by atoms with Gasteiger partial charge in [0.15, 0.2) is 0 Å². The van der Waals surface area contributed by atoms with Crippen LogP contribution in [0.4, 0.5) is 0 Å². The van der Waals surface area contributed by atoms with Gasteiger partial charge in [0.25, 0.3) is 0 Å². The Bertz CT molecular complexity index is 318. The minimum atomic E-state index is 0.454. The first kappa shape index (κ1) is 11.5. The van der Waals surface area contributed by atoms with Crippen molar-refractivity contribution in [3.05, 3.63) is 11.8 Å². The van der Waals surface area contributed by atoms with Crippen molar-refractivity contribution in [3.8, 4) is 0 Å². The summed E-state index contributed by atoms with van der Waals surface area (Å²) in [6.07, 6.45) is 3.95. The molecular formula is C11H20N4O. The molecule has 0 aromatic carbocycles. The number of aryl methyl sites for hydroxylation is 1. The lowest BCUT2D eigenvalue weighted by molar-refractivity contribution is 0.235. The summed E-state index contributed by atoms with van der Waals surface area (Å²) in [4.78, 5) is 2.34. The summed E-state index contributed by atoms with van der Waals surface area (Å²) in [6.45, 7) is 2.91. The molecule has 0 amide bonds. The molecule has 1 aromatic rings. The van der Waals surface area contributed by atoms with Crippen molar-refractivity contribution in [2.45, 2.75) is 31.6 Å². The molecule has 0 saturated carbocycles. The molecule has 1 aromatic heterocycles. The predicted octanol–water partition coefficient (Wildman–Crippen LogP) is 0.770. The Labute approximate surface area is 96.0 Å². The van der Waals surface area contributed by atoms with Crippen molar-refractivity contribution in [2.75, 3.05) is 26.7 Å². The average molecular weight is 224 g/mol. The third-order valence-corrected chi connectivity index (χ3v) is 3.15. The molecule has 2 heterocycles. The van der Waals surface area contributed by atoms with E-state index in [9.17, 15) is 0 Å². The highest BCUT2D eigenvalue weighted by Gasteiger charge is 2.23. The number of hydrogen-bond acceptors (Lipinski definition) is 5. The Morgan fingerprint density at radius 1 is 1.38 bits per heavy atom. The van der Waals surface area contributed by atoms with Gasteiger partial charge in [0.1, 0.15) is 0 Å². The number of likely N-dealkylation sites (tertiary alicyclic amines) is 1. The van der Waals surface area contributed by atoms with Crippen LogP contribution in [0.15, 0.2) is 4.42 Å². The quantitative estimate of drug-likeness (QED) is 0.818. The summed E-state index contributed by atoms with van der Waals surface area (Å²) in [5.41, 5.74) is 5.45. The second-order valence-electron chi connectivity index (χ2n) is 4.50. The maximum atomic E-state index is 5.66. The second-order valence-corrected chi connectivity index (χ2v) is 4.50. The minimum Gasteiger partial charge on any atom is -0.425 e.